The van der Waals surface area contributed by atoms with Crippen molar-refractivity contribution in [1.82, 2.24) is 10.3 Å². The fraction of sp³-hybridized carbons (Fsp3) is 0.400. The Morgan fingerprint density at radius 1 is 1.35 bits per heavy atom. The maximum absolute atomic E-state index is 13.8. The van der Waals surface area contributed by atoms with Gasteiger partial charge in [0.05, 0.1) is 11.8 Å². The number of aromatic nitrogens is 1. The number of benzene rings is 1. The van der Waals surface area contributed by atoms with Gasteiger partial charge >= 0.3 is 0 Å². The molecule has 0 radical (unpaired) electrons. The van der Waals surface area contributed by atoms with Gasteiger partial charge in [0.2, 0.25) is 0 Å². The Bertz CT molecular complexity index is 536. The molecular formula is C15H18BrFN2O. The Hall–Kier alpha value is -1.20. The minimum atomic E-state index is -0.313. The molecule has 0 aliphatic heterocycles. The van der Waals surface area contributed by atoms with Crippen molar-refractivity contribution < 1.29 is 8.81 Å². The van der Waals surface area contributed by atoms with Crippen molar-refractivity contribution in [2.24, 2.45) is 0 Å². The lowest BCUT2D eigenvalue weighted by Crippen LogP contribution is -2.16. The van der Waals surface area contributed by atoms with Crippen LogP contribution in [0.25, 0.3) is 11.3 Å². The Balaban J connectivity index is 1.98. The molecule has 0 atom stereocenters. The maximum atomic E-state index is 13.8. The minimum Gasteiger partial charge on any atom is -0.441 e. The molecule has 3 nitrogen and oxygen atoms in total. The van der Waals surface area contributed by atoms with Crippen LogP contribution in [0.4, 0.5) is 4.39 Å². The third-order valence-corrected chi connectivity index (χ3v) is 3.59. The van der Waals surface area contributed by atoms with Crippen LogP contribution in [0.15, 0.2) is 33.3 Å². The maximum Gasteiger partial charge on any atom is 0.194 e. The van der Waals surface area contributed by atoms with E-state index >= 15 is 0 Å². The number of hydrogen-bond donors (Lipinski definition) is 1. The summed E-state index contributed by atoms with van der Waals surface area (Å²) >= 11 is 3.34. The summed E-state index contributed by atoms with van der Waals surface area (Å²) in [7, 11) is 0. The first-order chi connectivity index (χ1) is 9.72. The molecule has 108 valence electrons. The topological polar surface area (TPSA) is 38.1 Å². The van der Waals surface area contributed by atoms with Crippen LogP contribution in [-0.4, -0.2) is 18.1 Å². The zero-order valence-electron chi connectivity index (χ0n) is 11.5. The third kappa shape index (κ3) is 3.90. The number of nitrogens with zero attached hydrogens (tertiary/aromatic N) is 1. The molecule has 0 saturated carbocycles. The van der Waals surface area contributed by atoms with Gasteiger partial charge in [-0.3, -0.25) is 0 Å². The van der Waals surface area contributed by atoms with Crippen molar-refractivity contribution in [2.75, 3.05) is 13.1 Å². The smallest absolute Gasteiger partial charge is 0.194 e. The average Bonchev–Trinajstić information content (AvgIpc) is 2.87. The summed E-state index contributed by atoms with van der Waals surface area (Å²) < 4.78 is 20.1. The van der Waals surface area contributed by atoms with Gasteiger partial charge in [0.1, 0.15) is 5.82 Å². The van der Waals surface area contributed by atoms with E-state index in [0.29, 0.717) is 21.7 Å². The number of nitrogens with one attached hydrogen (secondary N) is 1. The highest BCUT2D eigenvalue weighted by Crippen LogP contribution is 2.31. The zero-order valence-corrected chi connectivity index (χ0v) is 13.0. The van der Waals surface area contributed by atoms with Crippen LogP contribution in [0.5, 0.6) is 0 Å². The van der Waals surface area contributed by atoms with Crippen LogP contribution in [-0.2, 0) is 6.42 Å². The fourth-order valence-electron chi connectivity index (χ4n) is 1.94. The van der Waals surface area contributed by atoms with E-state index in [1.165, 1.54) is 6.07 Å². The van der Waals surface area contributed by atoms with Crippen molar-refractivity contribution in [2.45, 2.75) is 26.2 Å². The van der Waals surface area contributed by atoms with E-state index in [1.807, 2.05) is 0 Å². The fourth-order valence-corrected chi connectivity index (χ4v) is 2.48. The molecule has 0 saturated heterocycles. The molecule has 20 heavy (non-hydrogen) atoms. The van der Waals surface area contributed by atoms with E-state index in [0.717, 1.165) is 32.4 Å². The second-order valence-corrected chi connectivity index (χ2v) is 5.42. The first kappa shape index (κ1) is 15.2. The van der Waals surface area contributed by atoms with Crippen molar-refractivity contribution in [1.29, 1.82) is 0 Å². The van der Waals surface area contributed by atoms with Gasteiger partial charge in [-0.1, -0.05) is 13.0 Å². The quantitative estimate of drug-likeness (QED) is 0.768. The second-order valence-electron chi connectivity index (χ2n) is 4.57. The Labute approximate surface area is 126 Å². The summed E-state index contributed by atoms with van der Waals surface area (Å²) in [5.74, 6) is 0.798. The van der Waals surface area contributed by atoms with E-state index < -0.39 is 0 Å². The lowest BCUT2D eigenvalue weighted by atomic mass is 10.2. The molecule has 0 fully saturated rings. The number of oxazole rings is 1. The molecule has 1 N–H and O–H groups in total. The van der Waals surface area contributed by atoms with Gasteiger partial charge in [-0.05, 0) is 54.0 Å². The second kappa shape index (κ2) is 7.55. The van der Waals surface area contributed by atoms with E-state index in [4.69, 9.17) is 4.42 Å². The van der Waals surface area contributed by atoms with Crippen LogP contribution in [0.2, 0.25) is 0 Å². The molecule has 0 bridgehead atoms. The molecule has 1 aromatic carbocycles. The zero-order chi connectivity index (χ0) is 14.4. The minimum absolute atomic E-state index is 0.313. The summed E-state index contributed by atoms with van der Waals surface area (Å²) in [5.41, 5.74) is 0.426. The molecule has 0 unspecified atom stereocenters. The molecule has 2 rings (SSSR count). The van der Waals surface area contributed by atoms with Crippen LogP contribution in [0, 0.1) is 5.82 Å². The highest BCUT2D eigenvalue weighted by Gasteiger charge is 2.14. The molecule has 5 heteroatoms. The summed E-state index contributed by atoms with van der Waals surface area (Å²) in [4.78, 5) is 4.21. The molecule has 0 spiro atoms. The molecule has 0 aliphatic carbocycles. The van der Waals surface area contributed by atoms with Gasteiger partial charge < -0.3 is 9.73 Å². The van der Waals surface area contributed by atoms with Crippen molar-refractivity contribution in [3.63, 3.8) is 0 Å². The first-order valence-electron chi connectivity index (χ1n) is 6.82. The Kier molecular flexibility index (Phi) is 5.73. The number of halogens is 2. The van der Waals surface area contributed by atoms with Crippen LogP contribution < -0.4 is 5.32 Å². The molecule has 0 aliphatic rings. The lowest BCUT2D eigenvalue weighted by molar-refractivity contribution is 0.488. The average molecular weight is 341 g/mol. The van der Waals surface area contributed by atoms with Crippen LogP contribution in [0.1, 0.15) is 25.7 Å². The SMILES string of the molecule is CCCNCCCc1ncc(-c2c(F)cccc2Br)o1. The third-order valence-electron chi connectivity index (χ3n) is 2.93. The van der Waals surface area contributed by atoms with E-state index in [1.54, 1.807) is 18.3 Å². The monoisotopic (exact) mass is 340 g/mol. The molecular weight excluding hydrogens is 323 g/mol. The standard InChI is InChI=1S/C15H18BrFN2O/c1-2-8-18-9-4-7-14-19-10-13(20-14)15-11(16)5-3-6-12(15)17/h3,5-6,10,18H,2,4,7-9H2,1H3. The number of rotatable bonds is 7. The summed E-state index contributed by atoms with van der Waals surface area (Å²) in [5, 5.41) is 3.33. The highest BCUT2D eigenvalue weighted by atomic mass is 79.9. The molecule has 1 heterocycles. The predicted molar refractivity (Wildman–Crippen MR) is 81.1 cm³/mol. The van der Waals surface area contributed by atoms with Crippen LogP contribution in [0.3, 0.4) is 0 Å². The first-order valence-corrected chi connectivity index (χ1v) is 7.61. The van der Waals surface area contributed by atoms with Gasteiger partial charge in [-0.15, -0.1) is 0 Å². The van der Waals surface area contributed by atoms with Crippen molar-refractivity contribution >= 4 is 15.9 Å². The normalized spacial score (nSPS) is 10.9. The van der Waals surface area contributed by atoms with E-state index in [2.05, 4.69) is 33.2 Å². The van der Waals surface area contributed by atoms with E-state index in [-0.39, 0.29) is 5.82 Å². The van der Waals surface area contributed by atoms with Gasteiger partial charge in [-0.25, -0.2) is 9.37 Å². The molecule has 2 aromatic rings. The van der Waals surface area contributed by atoms with Gasteiger partial charge in [0, 0.05) is 10.9 Å². The van der Waals surface area contributed by atoms with Crippen LogP contribution >= 0.6 is 15.9 Å². The van der Waals surface area contributed by atoms with Gasteiger partial charge in [0.25, 0.3) is 0 Å². The predicted octanol–water partition coefficient (Wildman–Crippen LogP) is 4.18. The Morgan fingerprint density at radius 3 is 2.95 bits per heavy atom. The largest absolute Gasteiger partial charge is 0.441 e. The highest BCUT2D eigenvalue weighted by molar-refractivity contribution is 9.10. The number of aryl methyl sites for hydroxylation is 1. The summed E-state index contributed by atoms with van der Waals surface area (Å²) in [6.45, 7) is 4.10. The molecule has 0 amide bonds. The van der Waals surface area contributed by atoms with Gasteiger partial charge in [0.15, 0.2) is 11.7 Å². The number of hydrogen-bond acceptors (Lipinski definition) is 3. The summed E-state index contributed by atoms with van der Waals surface area (Å²) in [6, 6.07) is 4.85. The molecule has 1 aromatic heterocycles. The summed E-state index contributed by atoms with van der Waals surface area (Å²) in [6.07, 6.45) is 4.42. The van der Waals surface area contributed by atoms with Crippen molar-refractivity contribution in [3.05, 3.63) is 40.6 Å². The van der Waals surface area contributed by atoms with Gasteiger partial charge in [-0.2, -0.15) is 0 Å². The van der Waals surface area contributed by atoms with Crippen molar-refractivity contribution in [3.8, 4) is 11.3 Å². The van der Waals surface area contributed by atoms with E-state index in [9.17, 15) is 4.39 Å². The Morgan fingerprint density at radius 2 is 2.20 bits per heavy atom. The lowest BCUT2D eigenvalue weighted by Gasteiger charge is -2.02.